The fraction of sp³-hybridized carbons (Fsp3) is 0.522. The van der Waals surface area contributed by atoms with Crippen LogP contribution >= 0.6 is 0 Å². The first kappa shape index (κ1) is 20.1. The molecule has 156 valence electrons. The van der Waals surface area contributed by atoms with E-state index >= 15 is 0 Å². The number of benzene rings is 1. The van der Waals surface area contributed by atoms with Crippen molar-refractivity contribution in [2.24, 2.45) is 0 Å². The number of hydrogen-bond donors (Lipinski definition) is 1. The summed E-state index contributed by atoms with van der Waals surface area (Å²) in [7, 11) is 0. The molecule has 1 N–H and O–H groups in total. The highest BCUT2D eigenvalue weighted by molar-refractivity contribution is 5.95. The molecular weight excluding hydrogens is 369 g/mol. The van der Waals surface area contributed by atoms with Crippen LogP contribution in [0.4, 0.5) is 4.39 Å². The summed E-state index contributed by atoms with van der Waals surface area (Å²) in [5.74, 6) is -0.243. The van der Waals surface area contributed by atoms with Crippen LogP contribution in [0.15, 0.2) is 24.3 Å². The maximum Gasteiger partial charge on any atom is 0.268 e. The van der Waals surface area contributed by atoms with Gasteiger partial charge in [0.05, 0.1) is 13.2 Å². The van der Waals surface area contributed by atoms with Gasteiger partial charge in [-0.25, -0.2) is 4.39 Å². The Kier molecular flexibility index (Phi) is 6.31. The van der Waals surface area contributed by atoms with Crippen molar-refractivity contribution in [3.05, 3.63) is 58.2 Å². The molecule has 1 amide bonds. The number of ether oxygens (including phenoxy) is 1. The maximum atomic E-state index is 13.3. The van der Waals surface area contributed by atoms with Gasteiger partial charge in [0.1, 0.15) is 11.5 Å². The molecule has 2 aliphatic rings. The number of halogens is 1. The normalized spacial score (nSPS) is 17.2. The lowest BCUT2D eigenvalue weighted by Crippen LogP contribution is -2.41. The van der Waals surface area contributed by atoms with Gasteiger partial charge < -0.3 is 14.6 Å². The molecule has 0 spiro atoms. The van der Waals surface area contributed by atoms with Gasteiger partial charge in [0.15, 0.2) is 0 Å². The van der Waals surface area contributed by atoms with Crippen LogP contribution in [0, 0.1) is 12.7 Å². The van der Waals surface area contributed by atoms with Gasteiger partial charge in [-0.1, -0.05) is 12.1 Å². The third-order valence-electron chi connectivity index (χ3n) is 6.13. The van der Waals surface area contributed by atoms with Crippen LogP contribution in [0.3, 0.4) is 0 Å². The molecule has 2 aromatic rings. The predicted octanol–water partition coefficient (Wildman–Crippen LogP) is 2.92. The summed E-state index contributed by atoms with van der Waals surface area (Å²) in [6.07, 6.45) is 4.36. The number of fused-ring (bicyclic) bond motifs is 1. The molecule has 0 radical (unpaired) electrons. The van der Waals surface area contributed by atoms with Gasteiger partial charge in [-0.05, 0) is 61.4 Å². The molecule has 0 atom stereocenters. The highest BCUT2D eigenvalue weighted by atomic mass is 19.1. The van der Waals surface area contributed by atoms with Crippen molar-refractivity contribution in [1.29, 1.82) is 0 Å². The van der Waals surface area contributed by atoms with Crippen molar-refractivity contribution in [2.45, 2.75) is 39.2 Å². The molecule has 1 aliphatic carbocycles. The molecule has 1 aromatic carbocycles. The molecule has 1 aliphatic heterocycles. The monoisotopic (exact) mass is 399 g/mol. The zero-order valence-corrected chi connectivity index (χ0v) is 17.2. The fourth-order valence-corrected chi connectivity index (χ4v) is 4.55. The molecule has 6 heteroatoms. The Morgan fingerprint density at radius 1 is 1.14 bits per heavy atom. The molecule has 29 heavy (non-hydrogen) atoms. The molecular formula is C23H30FN3O2. The van der Waals surface area contributed by atoms with Gasteiger partial charge in [0.25, 0.3) is 5.91 Å². The quantitative estimate of drug-likeness (QED) is 0.813. The molecule has 1 saturated heterocycles. The number of nitrogens with one attached hydrogen (secondary N) is 1. The van der Waals surface area contributed by atoms with Crippen molar-refractivity contribution in [2.75, 3.05) is 39.4 Å². The smallest absolute Gasteiger partial charge is 0.268 e. The minimum Gasteiger partial charge on any atom is -0.379 e. The lowest BCUT2D eigenvalue weighted by molar-refractivity contribution is 0.0383. The van der Waals surface area contributed by atoms with E-state index in [9.17, 15) is 9.18 Å². The third kappa shape index (κ3) is 4.54. The van der Waals surface area contributed by atoms with Crippen molar-refractivity contribution >= 4 is 5.91 Å². The molecule has 1 fully saturated rings. The Morgan fingerprint density at radius 3 is 2.62 bits per heavy atom. The lowest BCUT2D eigenvalue weighted by Gasteiger charge is -2.26. The summed E-state index contributed by atoms with van der Waals surface area (Å²) in [5, 5.41) is 3.13. The third-order valence-corrected chi connectivity index (χ3v) is 6.13. The van der Waals surface area contributed by atoms with Crippen molar-refractivity contribution < 1.29 is 13.9 Å². The molecule has 5 nitrogen and oxygen atoms in total. The van der Waals surface area contributed by atoms with E-state index in [1.54, 1.807) is 12.1 Å². The largest absolute Gasteiger partial charge is 0.379 e. The maximum absolute atomic E-state index is 13.3. The van der Waals surface area contributed by atoms with Crippen LogP contribution in [-0.4, -0.2) is 54.8 Å². The highest BCUT2D eigenvalue weighted by Gasteiger charge is 2.26. The second kappa shape index (κ2) is 9.09. The Morgan fingerprint density at radius 2 is 1.86 bits per heavy atom. The highest BCUT2D eigenvalue weighted by Crippen LogP contribution is 2.30. The summed E-state index contributed by atoms with van der Waals surface area (Å²) in [5.41, 5.74) is 5.49. The molecule has 2 heterocycles. The number of amides is 1. The van der Waals surface area contributed by atoms with E-state index in [0.29, 0.717) is 13.1 Å². The zero-order valence-electron chi connectivity index (χ0n) is 17.2. The second-order valence-electron chi connectivity index (χ2n) is 8.03. The number of rotatable bonds is 6. The average molecular weight is 400 g/mol. The second-order valence-corrected chi connectivity index (χ2v) is 8.03. The number of carbonyl (C=O) groups is 1. The Balaban J connectivity index is 1.53. The molecule has 1 aromatic heterocycles. The first-order valence-corrected chi connectivity index (χ1v) is 10.7. The Hall–Kier alpha value is -2.18. The van der Waals surface area contributed by atoms with Crippen LogP contribution in [0.2, 0.25) is 0 Å². The molecule has 0 unspecified atom stereocenters. The number of hydrogen-bond acceptors (Lipinski definition) is 3. The summed E-state index contributed by atoms with van der Waals surface area (Å²) < 4.78 is 20.9. The first-order valence-electron chi connectivity index (χ1n) is 10.7. The van der Waals surface area contributed by atoms with Crippen LogP contribution in [0.5, 0.6) is 0 Å². The van der Waals surface area contributed by atoms with E-state index in [-0.39, 0.29) is 11.7 Å². The molecule has 0 saturated carbocycles. The Labute approximate surface area is 171 Å². The van der Waals surface area contributed by atoms with Crippen molar-refractivity contribution in [1.82, 2.24) is 14.8 Å². The van der Waals surface area contributed by atoms with E-state index in [2.05, 4.69) is 21.7 Å². The lowest BCUT2D eigenvalue weighted by atomic mass is 9.95. The molecule has 0 bridgehead atoms. The summed E-state index contributed by atoms with van der Waals surface area (Å²) >= 11 is 0. The van der Waals surface area contributed by atoms with Crippen LogP contribution in [0.1, 0.15) is 45.7 Å². The van der Waals surface area contributed by atoms with Crippen LogP contribution in [0.25, 0.3) is 0 Å². The first-order chi connectivity index (χ1) is 14.1. The SMILES string of the molecule is Cc1c2c(n(Cc3ccc(F)cc3)c1C(=O)NCCN1CCOCC1)CCCC2. The topological polar surface area (TPSA) is 46.5 Å². The fourth-order valence-electron chi connectivity index (χ4n) is 4.55. The van der Waals surface area contributed by atoms with Crippen LogP contribution < -0.4 is 5.32 Å². The minimum atomic E-state index is -0.236. The van der Waals surface area contributed by atoms with Gasteiger partial charge >= 0.3 is 0 Å². The standard InChI is InChI=1S/C23H30FN3O2/c1-17-20-4-2-3-5-21(20)27(16-18-6-8-19(24)9-7-18)22(17)23(28)25-10-11-26-12-14-29-15-13-26/h6-9H,2-5,10-16H2,1H3,(H,25,28). The number of carbonyl (C=O) groups excluding carboxylic acids is 1. The van der Waals surface area contributed by atoms with Gasteiger partial charge in [0, 0.05) is 38.4 Å². The zero-order chi connectivity index (χ0) is 20.2. The van der Waals surface area contributed by atoms with E-state index in [1.807, 2.05) is 0 Å². The summed E-state index contributed by atoms with van der Waals surface area (Å²) in [6.45, 7) is 7.51. The van der Waals surface area contributed by atoms with Crippen LogP contribution in [-0.2, 0) is 24.1 Å². The van der Waals surface area contributed by atoms with E-state index in [0.717, 1.165) is 68.9 Å². The van der Waals surface area contributed by atoms with Gasteiger partial charge in [0.2, 0.25) is 0 Å². The summed E-state index contributed by atoms with van der Waals surface area (Å²) in [6, 6.07) is 6.58. The summed E-state index contributed by atoms with van der Waals surface area (Å²) in [4.78, 5) is 15.5. The van der Waals surface area contributed by atoms with E-state index < -0.39 is 0 Å². The van der Waals surface area contributed by atoms with E-state index in [1.165, 1.54) is 29.8 Å². The van der Waals surface area contributed by atoms with Gasteiger partial charge in [-0.15, -0.1) is 0 Å². The van der Waals surface area contributed by atoms with Crippen molar-refractivity contribution in [3.63, 3.8) is 0 Å². The number of morpholine rings is 1. The van der Waals surface area contributed by atoms with E-state index in [4.69, 9.17) is 4.74 Å². The average Bonchev–Trinajstić information content (AvgIpc) is 3.02. The van der Waals surface area contributed by atoms with Gasteiger partial charge in [-0.3, -0.25) is 9.69 Å². The Bertz CT molecular complexity index is 854. The molecule has 4 rings (SSSR count). The minimum absolute atomic E-state index is 0.00716. The predicted molar refractivity (Wildman–Crippen MR) is 111 cm³/mol. The number of aromatic nitrogens is 1. The van der Waals surface area contributed by atoms with Gasteiger partial charge in [-0.2, -0.15) is 0 Å². The van der Waals surface area contributed by atoms with Crippen molar-refractivity contribution in [3.8, 4) is 0 Å². The number of nitrogens with zero attached hydrogens (tertiary/aromatic N) is 2.